The minimum Gasteiger partial charge on any atom is -0.290 e. The van der Waals surface area contributed by atoms with E-state index < -0.39 is 0 Å². The molecule has 4 rings (SSSR count). The zero-order chi connectivity index (χ0) is 15.5. The van der Waals surface area contributed by atoms with E-state index in [1.807, 2.05) is 0 Å². The lowest BCUT2D eigenvalue weighted by molar-refractivity contribution is 0.0928. The van der Waals surface area contributed by atoms with Crippen molar-refractivity contribution in [3.63, 3.8) is 0 Å². The predicted octanol–water partition coefficient (Wildman–Crippen LogP) is 4.46. The van der Waals surface area contributed by atoms with Crippen molar-refractivity contribution in [3.8, 4) is 0 Å². The van der Waals surface area contributed by atoms with Crippen molar-refractivity contribution in [1.29, 1.82) is 0 Å². The Hall–Kier alpha value is -1.38. The Kier molecular flexibility index (Phi) is 4.63. The first kappa shape index (κ1) is 15.2. The second kappa shape index (κ2) is 7.02. The Bertz CT molecular complexity index is 632. The molecule has 2 heteroatoms. The molecule has 2 fully saturated rings. The van der Waals surface area contributed by atoms with E-state index in [4.69, 9.17) is 0 Å². The molecule has 2 nitrogen and oxygen atoms in total. The van der Waals surface area contributed by atoms with Crippen LogP contribution < -0.4 is 0 Å². The van der Waals surface area contributed by atoms with Gasteiger partial charge < -0.3 is 0 Å². The molecular weight excluding hydrogens is 280 g/mol. The molecule has 0 spiro atoms. The summed E-state index contributed by atoms with van der Waals surface area (Å²) in [5.41, 5.74) is 1.57. The van der Waals surface area contributed by atoms with Crippen molar-refractivity contribution in [2.75, 3.05) is 32.8 Å². The van der Waals surface area contributed by atoms with Crippen LogP contribution in [0, 0.1) is 0 Å². The molecule has 0 saturated carbocycles. The summed E-state index contributed by atoms with van der Waals surface area (Å²) in [4.78, 5) is 5.33. The summed E-state index contributed by atoms with van der Waals surface area (Å²) in [6.45, 7) is 6.32. The second-order valence-corrected chi connectivity index (χ2v) is 7.28. The summed E-state index contributed by atoms with van der Waals surface area (Å²) in [5.74, 6) is 0.735. The zero-order valence-electron chi connectivity index (χ0n) is 14.1. The van der Waals surface area contributed by atoms with Gasteiger partial charge in [0, 0.05) is 0 Å². The Labute approximate surface area is 140 Å². The van der Waals surface area contributed by atoms with Crippen LogP contribution in [-0.2, 0) is 0 Å². The Balaban J connectivity index is 1.40. The number of nitrogens with zero attached hydrogens (tertiary/aromatic N) is 2. The lowest BCUT2D eigenvalue weighted by Crippen LogP contribution is -2.43. The van der Waals surface area contributed by atoms with Gasteiger partial charge >= 0.3 is 0 Å². The zero-order valence-corrected chi connectivity index (χ0v) is 14.1. The van der Waals surface area contributed by atoms with Crippen molar-refractivity contribution in [3.05, 3.63) is 48.0 Å². The number of hydrogen-bond acceptors (Lipinski definition) is 2. The predicted molar refractivity (Wildman–Crippen MR) is 97.8 cm³/mol. The molecule has 0 radical (unpaired) electrons. The molecule has 2 saturated heterocycles. The molecule has 0 atom stereocenters. The first-order valence-corrected chi connectivity index (χ1v) is 9.32. The molecule has 2 aromatic carbocycles. The minimum absolute atomic E-state index is 0.735. The molecule has 122 valence electrons. The standard InChI is InChI=1S/C21H28N2/c1-4-13-22(14-5-1)17-23-15-11-19(12-16-23)21-10-6-8-18-7-2-3-9-20(18)21/h2-3,6-10,19H,1,4-5,11-17H2. The fraction of sp³-hybridized carbons (Fsp3) is 0.524. The highest BCUT2D eigenvalue weighted by Gasteiger charge is 2.23. The van der Waals surface area contributed by atoms with Crippen LogP contribution >= 0.6 is 0 Å². The smallest absolute Gasteiger partial charge is 0.0506 e. The molecule has 23 heavy (non-hydrogen) atoms. The number of piperidine rings is 2. The third kappa shape index (κ3) is 3.44. The maximum Gasteiger partial charge on any atom is 0.0506 e. The summed E-state index contributed by atoms with van der Waals surface area (Å²) in [6.07, 6.45) is 6.84. The van der Waals surface area contributed by atoms with E-state index >= 15 is 0 Å². The molecule has 0 amide bonds. The summed E-state index contributed by atoms with van der Waals surface area (Å²) < 4.78 is 0. The molecule has 0 N–H and O–H groups in total. The van der Waals surface area contributed by atoms with Gasteiger partial charge in [0.2, 0.25) is 0 Å². The lowest BCUT2D eigenvalue weighted by Gasteiger charge is -2.37. The van der Waals surface area contributed by atoms with Crippen LogP contribution in [0.4, 0.5) is 0 Å². The van der Waals surface area contributed by atoms with Crippen LogP contribution in [0.2, 0.25) is 0 Å². The number of fused-ring (bicyclic) bond motifs is 1. The highest BCUT2D eigenvalue weighted by Crippen LogP contribution is 2.33. The van der Waals surface area contributed by atoms with E-state index in [0.717, 1.165) is 5.92 Å². The molecule has 0 aliphatic carbocycles. The Morgan fingerprint density at radius 2 is 1.43 bits per heavy atom. The Morgan fingerprint density at radius 1 is 0.739 bits per heavy atom. The van der Waals surface area contributed by atoms with Crippen LogP contribution in [0.25, 0.3) is 10.8 Å². The van der Waals surface area contributed by atoms with Crippen molar-refractivity contribution in [2.45, 2.75) is 38.0 Å². The first-order chi connectivity index (χ1) is 11.4. The molecule has 2 heterocycles. The maximum atomic E-state index is 2.67. The third-order valence-corrected chi connectivity index (χ3v) is 5.70. The number of rotatable bonds is 3. The Morgan fingerprint density at radius 3 is 2.26 bits per heavy atom. The normalized spacial score (nSPS) is 21.7. The van der Waals surface area contributed by atoms with E-state index in [0.29, 0.717) is 0 Å². The fourth-order valence-corrected chi connectivity index (χ4v) is 4.38. The molecule has 2 aliphatic rings. The second-order valence-electron chi connectivity index (χ2n) is 7.28. The van der Waals surface area contributed by atoms with Gasteiger partial charge in [-0.15, -0.1) is 0 Å². The summed E-state index contributed by atoms with van der Waals surface area (Å²) in [6, 6.07) is 15.7. The van der Waals surface area contributed by atoms with Gasteiger partial charge in [-0.25, -0.2) is 0 Å². The van der Waals surface area contributed by atoms with Crippen LogP contribution in [0.3, 0.4) is 0 Å². The van der Waals surface area contributed by atoms with Crippen LogP contribution in [0.5, 0.6) is 0 Å². The van der Waals surface area contributed by atoms with E-state index in [2.05, 4.69) is 52.3 Å². The monoisotopic (exact) mass is 308 g/mol. The van der Waals surface area contributed by atoms with Gasteiger partial charge in [0.1, 0.15) is 0 Å². The lowest BCUT2D eigenvalue weighted by atomic mass is 9.86. The van der Waals surface area contributed by atoms with Gasteiger partial charge in [0.05, 0.1) is 6.67 Å². The van der Waals surface area contributed by atoms with Crippen molar-refractivity contribution in [1.82, 2.24) is 9.80 Å². The molecule has 0 unspecified atom stereocenters. The first-order valence-electron chi connectivity index (χ1n) is 9.32. The van der Waals surface area contributed by atoms with Gasteiger partial charge in [-0.3, -0.25) is 9.80 Å². The minimum atomic E-state index is 0.735. The summed E-state index contributed by atoms with van der Waals surface area (Å²) in [7, 11) is 0. The van der Waals surface area contributed by atoms with Gasteiger partial charge in [-0.2, -0.15) is 0 Å². The van der Waals surface area contributed by atoms with E-state index in [1.165, 1.54) is 75.7 Å². The topological polar surface area (TPSA) is 6.48 Å². The van der Waals surface area contributed by atoms with Gasteiger partial charge in [-0.05, 0) is 74.1 Å². The average Bonchev–Trinajstić information content (AvgIpc) is 2.63. The number of benzene rings is 2. The highest BCUT2D eigenvalue weighted by molar-refractivity contribution is 5.86. The van der Waals surface area contributed by atoms with Crippen molar-refractivity contribution < 1.29 is 0 Å². The van der Waals surface area contributed by atoms with Crippen LogP contribution in [0.1, 0.15) is 43.6 Å². The van der Waals surface area contributed by atoms with Crippen LogP contribution in [-0.4, -0.2) is 42.6 Å². The van der Waals surface area contributed by atoms with Crippen molar-refractivity contribution >= 4 is 10.8 Å². The summed E-state index contributed by atoms with van der Waals surface area (Å²) >= 11 is 0. The summed E-state index contributed by atoms with van der Waals surface area (Å²) in [5, 5.41) is 2.85. The van der Waals surface area contributed by atoms with E-state index in [9.17, 15) is 0 Å². The largest absolute Gasteiger partial charge is 0.290 e. The van der Waals surface area contributed by atoms with Gasteiger partial charge in [0.25, 0.3) is 0 Å². The maximum absolute atomic E-state index is 2.67. The van der Waals surface area contributed by atoms with Gasteiger partial charge in [-0.1, -0.05) is 48.9 Å². The fourth-order valence-electron chi connectivity index (χ4n) is 4.38. The molecule has 0 aromatic heterocycles. The van der Waals surface area contributed by atoms with Gasteiger partial charge in [0.15, 0.2) is 0 Å². The third-order valence-electron chi connectivity index (χ3n) is 5.70. The molecular formula is C21H28N2. The molecule has 2 aliphatic heterocycles. The van der Waals surface area contributed by atoms with E-state index in [-0.39, 0.29) is 0 Å². The number of hydrogen-bond donors (Lipinski definition) is 0. The van der Waals surface area contributed by atoms with Crippen molar-refractivity contribution in [2.24, 2.45) is 0 Å². The van der Waals surface area contributed by atoms with Crippen LogP contribution in [0.15, 0.2) is 42.5 Å². The van der Waals surface area contributed by atoms with E-state index in [1.54, 1.807) is 5.56 Å². The number of likely N-dealkylation sites (tertiary alicyclic amines) is 2. The highest BCUT2D eigenvalue weighted by atomic mass is 15.3. The molecule has 0 bridgehead atoms. The molecule has 2 aromatic rings. The quantitative estimate of drug-likeness (QED) is 0.826. The SMILES string of the molecule is c1ccc2c(C3CCN(CN4CCCCC4)CC3)cccc2c1. The average molecular weight is 308 g/mol.